The van der Waals surface area contributed by atoms with Gasteiger partial charge in [-0.2, -0.15) is 0 Å². The van der Waals surface area contributed by atoms with Gasteiger partial charge in [0.1, 0.15) is 6.61 Å². The van der Waals surface area contributed by atoms with Crippen molar-refractivity contribution < 1.29 is 24.1 Å². The number of hydrogen-bond donors (Lipinski definition) is 1. The Kier molecular flexibility index (Phi) is 10.2. The molecule has 0 bridgehead atoms. The van der Waals surface area contributed by atoms with Crippen LogP contribution in [0.15, 0.2) is 0 Å². The molecule has 5 nitrogen and oxygen atoms in total. The molecule has 1 N–H and O–H groups in total. The van der Waals surface area contributed by atoms with Crippen LogP contribution in [0.1, 0.15) is 33.1 Å². The smallest absolute Gasteiger partial charge is 0.450 e. The summed E-state index contributed by atoms with van der Waals surface area (Å²) in [5, 5.41) is 8.39. The van der Waals surface area contributed by atoms with Crippen LogP contribution in [0.4, 0.5) is 4.79 Å². The summed E-state index contributed by atoms with van der Waals surface area (Å²) in [5.41, 5.74) is 0. The van der Waals surface area contributed by atoms with E-state index in [1.807, 2.05) is 6.92 Å². The average molecular weight is 234 g/mol. The van der Waals surface area contributed by atoms with Gasteiger partial charge in [0.25, 0.3) is 0 Å². The fourth-order valence-electron chi connectivity index (χ4n) is 1.23. The third-order valence-electron chi connectivity index (χ3n) is 2.06. The lowest BCUT2D eigenvalue weighted by atomic mass is 10.2. The second kappa shape index (κ2) is 10.7. The molecule has 0 fully saturated rings. The zero-order chi connectivity index (χ0) is 12.2. The molecule has 1 unspecified atom stereocenters. The standard InChI is InChI=1S/C11H22O5/c1-3-5-6-10(9-16-11(12)13)15-8-7-14-4-2/h10H,3-9H2,1-2H3,(H,12,13). The maximum atomic E-state index is 10.3. The number of carbonyl (C=O) groups is 1. The largest absolute Gasteiger partial charge is 0.505 e. The Morgan fingerprint density at radius 1 is 1.31 bits per heavy atom. The molecule has 0 aliphatic rings. The summed E-state index contributed by atoms with van der Waals surface area (Å²) < 4.78 is 15.1. The highest BCUT2D eigenvalue weighted by Crippen LogP contribution is 2.05. The molecule has 0 heterocycles. The summed E-state index contributed by atoms with van der Waals surface area (Å²) in [4.78, 5) is 10.3. The van der Waals surface area contributed by atoms with Crippen molar-refractivity contribution in [2.24, 2.45) is 0 Å². The van der Waals surface area contributed by atoms with Crippen molar-refractivity contribution in [1.82, 2.24) is 0 Å². The molecule has 16 heavy (non-hydrogen) atoms. The number of hydrogen-bond acceptors (Lipinski definition) is 4. The Bertz CT molecular complexity index is 172. The first-order valence-electron chi connectivity index (χ1n) is 5.75. The topological polar surface area (TPSA) is 65.0 Å². The summed E-state index contributed by atoms with van der Waals surface area (Å²) in [7, 11) is 0. The van der Waals surface area contributed by atoms with Crippen LogP contribution in [0.5, 0.6) is 0 Å². The first-order chi connectivity index (χ1) is 7.70. The van der Waals surface area contributed by atoms with Crippen molar-refractivity contribution >= 4 is 6.16 Å². The van der Waals surface area contributed by atoms with Gasteiger partial charge >= 0.3 is 6.16 Å². The van der Waals surface area contributed by atoms with Gasteiger partial charge in [0.2, 0.25) is 0 Å². The van der Waals surface area contributed by atoms with Gasteiger partial charge in [0.05, 0.1) is 19.3 Å². The van der Waals surface area contributed by atoms with Gasteiger partial charge in [-0.15, -0.1) is 0 Å². The monoisotopic (exact) mass is 234 g/mol. The van der Waals surface area contributed by atoms with Gasteiger partial charge in [-0.3, -0.25) is 0 Å². The molecular weight excluding hydrogens is 212 g/mol. The fourth-order valence-corrected chi connectivity index (χ4v) is 1.23. The summed E-state index contributed by atoms with van der Waals surface area (Å²) in [5.74, 6) is 0. The van der Waals surface area contributed by atoms with E-state index in [0.717, 1.165) is 19.3 Å². The van der Waals surface area contributed by atoms with Gasteiger partial charge in [-0.05, 0) is 13.3 Å². The third kappa shape index (κ3) is 9.73. The van der Waals surface area contributed by atoms with Crippen molar-refractivity contribution in [2.75, 3.05) is 26.4 Å². The lowest BCUT2D eigenvalue weighted by Crippen LogP contribution is -2.23. The molecule has 0 aromatic rings. The number of ether oxygens (including phenoxy) is 3. The molecular formula is C11H22O5. The molecule has 0 aliphatic heterocycles. The molecule has 0 aromatic heterocycles. The number of rotatable bonds is 10. The van der Waals surface area contributed by atoms with Crippen molar-refractivity contribution in [3.05, 3.63) is 0 Å². The van der Waals surface area contributed by atoms with Gasteiger partial charge in [0.15, 0.2) is 0 Å². The molecule has 0 aromatic carbocycles. The Labute approximate surface area is 96.7 Å². The number of carboxylic acid groups (broad SMARTS) is 1. The summed E-state index contributed by atoms with van der Waals surface area (Å²) in [6.07, 6.45) is 1.46. The van der Waals surface area contributed by atoms with Crippen LogP contribution in [0, 0.1) is 0 Å². The fraction of sp³-hybridized carbons (Fsp3) is 0.909. The SMILES string of the molecule is CCCCC(COC(=O)O)OCCOCC. The highest BCUT2D eigenvalue weighted by molar-refractivity contribution is 5.56. The number of unbranched alkanes of at least 4 members (excludes halogenated alkanes) is 1. The third-order valence-corrected chi connectivity index (χ3v) is 2.06. The Morgan fingerprint density at radius 3 is 2.62 bits per heavy atom. The van der Waals surface area contributed by atoms with E-state index < -0.39 is 6.16 Å². The first-order valence-corrected chi connectivity index (χ1v) is 5.75. The minimum Gasteiger partial charge on any atom is -0.450 e. The van der Waals surface area contributed by atoms with Crippen LogP contribution >= 0.6 is 0 Å². The summed E-state index contributed by atoms with van der Waals surface area (Å²) in [6, 6.07) is 0. The molecule has 96 valence electrons. The van der Waals surface area contributed by atoms with Gasteiger partial charge < -0.3 is 19.3 Å². The second-order valence-corrected chi connectivity index (χ2v) is 3.41. The highest BCUT2D eigenvalue weighted by atomic mass is 16.7. The van der Waals surface area contributed by atoms with E-state index in [-0.39, 0.29) is 12.7 Å². The Balaban J connectivity index is 3.66. The van der Waals surface area contributed by atoms with Gasteiger partial charge in [-0.1, -0.05) is 19.8 Å². The molecule has 0 spiro atoms. The van der Waals surface area contributed by atoms with Crippen LogP contribution in [-0.2, 0) is 14.2 Å². The van der Waals surface area contributed by atoms with E-state index in [0.29, 0.717) is 19.8 Å². The maximum Gasteiger partial charge on any atom is 0.505 e. The van der Waals surface area contributed by atoms with Crippen LogP contribution in [0.2, 0.25) is 0 Å². The minimum absolute atomic E-state index is 0.0987. The van der Waals surface area contributed by atoms with E-state index in [9.17, 15) is 4.79 Å². The van der Waals surface area contributed by atoms with Crippen LogP contribution in [0.3, 0.4) is 0 Å². The van der Waals surface area contributed by atoms with E-state index in [1.54, 1.807) is 0 Å². The van der Waals surface area contributed by atoms with E-state index in [2.05, 4.69) is 11.7 Å². The van der Waals surface area contributed by atoms with E-state index >= 15 is 0 Å². The van der Waals surface area contributed by atoms with Crippen LogP contribution in [-0.4, -0.2) is 43.8 Å². The predicted molar refractivity (Wildman–Crippen MR) is 59.7 cm³/mol. The normalized spacial score (nSPS) is 12.4. The average Bonchev–Trinajstić information content (AvgIpc) is 2.26. The molecule has 0 aliphatic carbocycles. The second-order valence-electron chi connectivity index (χ2n) is 3.41. The zero-order valence-corrected chi connectivity index (χ0v) is 10.1. The molecule has 0 rings (SSSR count). The Hall–Kier alpha value is -0.810. The molecule has 0 radical (unpaired) electrons. The minimum atomic E-state index is -1.25. The zero-order valence-electron chi connectivity index (χ0n) is 10.1. The summed E-state index contributed by atoms with van der Waals surface area (Å²) >= 11 is 0. The van der Waals surface area contributed by atoms with Crippen molar-refractivity contribution in [1.29, 1.82) is 0 Å². The van der Waals surface area contributed by atoms with Crippen LogP contribution < -0.4 is 0 Å². The quantitative estimate of drug-likeness (QED) is 0.464. The molecule has 1 atom stereocenters. The molecule has 0 saturated heterocycles. The van der Waals surface area contributed by atoms with Gasteiger partial charge in [-0.25, -0.2) is 4.79 Å². The van der Waals surface area contributed by atoms with E-state index in [1.165, 1.54) is 0 Å². The van der Waals surface area contributed by atoms with Crippen LogP contribution in [0.25, 0.3) is 0 Å². The highest BCUT2D eigenvalue weighted by Gasteiger charge is 2.11. The first kappa shape index (κ1) is 15.2. The maximum absolute atomic E-state index is 10.3. The van der Waals surface area contributed by atoms with Gasteiger partial charge in [0, 0.05) is 6.61 Å². The predicted octanol–water partition coefficient (Wildman–Crippen LogP) is 2.29. The summed E-state index contributed by atoms with van der Waals surface area (Å²) in [6.45, 7) is 5.77. The molecule has 5 heteroatoms. The van der Waals surface area contributed by atoms with Crippen molar-refractivity contribution in [2.45, 2.75) is 39.2 Å². The lowest BCUT2D eigenvalue weighted by Gasteiger charge is -2.16. The molecule has 0 amide bonds. The van der Waals surface area contributed by atoms with Crippen molar-refractivity contribution in [3.63, 3.8) is 0 Å². The lowest BCUT2D eigenvalue weighted by molar-refractivity contribution is -0.0324. The molecule has 0 saturated carbocycles. The van der Waals surface area contributed by atoms with Crippen molar-refractivity contribution in [3.8, 4) is 0 Å². The van der Waals surface area contributed by atoms with E-state index in [4.69, 9.17) is 14.6 Å². The Morgan fingerprint density at radius 2 is 2.06 bits per heavy atom.